The molecule has 1 saturated heterocycles. The Morgan fingerprint density at radius 3 is 2.73 bits per heavy atom. The average molecular weight is 368 g/mol. The molecule has 132 valence electrons. The second-order valence-electron chi connectivity index (χ2n) is 6.11. The number of nitrogens with one attached hydrogen (secondary N) is 1. The van der Waals surface area contributed by atoms with E-state index in [-0.39, 0.29) is 17.8 Å². The van der Waals surface area contributed by atoms with Crippen molar-refractivity contribution in [3.63, 3.8) is 0 Å². The van der Waals surface area contributed by atoms with Gasteiger partial charge < -0.3 is 10.2 Å². The molecule has 1 aliphatic heterocycles. The van der Waals surface area contributed by atoms with Crippen molar-refractivity contribution in [2.24, 2.45) is 0 Å². The molecule has 4 rings (SSSR count). The van der Waals surface area contributed by atoms with Crippen molar-refractivity contribution in [1.29, 1.82) is 0 Å². The molecule has 2 aromatic carbocycles. The predicted molar refractivity (Wildman–Crippen MR) is 100 cm³/mol. The number of likely N-dealkylation sites (tertiary alicyclic amines) is 1. The lowest BCUT2D eigenvalue weighted by molar-refractivity contribution is -0.384. The fourth-order valence-electron chi connectivity index (χ4n) is 3.16. The quantitative estimate of drug-likeness (QED) is 0.541. The number of rotatable bonds is 3. The number of benzene rings is 2. The van der Waals surface area contributed by atoms with Crippen molar-refractivity contribution in [1.82, 2.24) is 9.88 Å². The summed E-state index contributed by atoms with van der Waals surface area (Å²) in [6, 6.07) is 13.5. The van der Waals surface area contributed by atoms with Gasteiger partial charge in [0, 0.05) is 24.4 Å². The number of fused-ring (bicyclic) bond motifs is 1. The lowest BCUT2D eigenvalue weighted by Crippen LogP contribution is -2.34. The van der Waals surface area contributed by atoms with E-state index < -0.39 is 4.92 Å². The maximum absolute atomic E-state index is 12.7. The van der Waals surface area contributed by atoms with E-state index in [2.05, 4.69) is 10.3 Å². The molecular formula is C18H16N4O3S. The zero-order valence-corrected chi connectivity index (χ0v) is 14.6. The van der Waals surface area contributed by atoms with Crippen molar-refractivity contribution < 1.29 is 9.72 Å². The third-order valence-corrected chi connectivity index (χ3v) is 5.58. The third kappa shape index (κ3) is 3.11. The molecule has 0 unspecified atom stereocenters. The van der Waals surface area contributed by atoms with Gasteiger partial charge in [-0.05, 0) is 37.1 Å². The van der Waals surface area contributed by atoms with Gasteiger partial charge in [0.05, 0.1) is 21.2 Å². The maximum atomic E-state index is 12.7. The van der Waals surface area contributed by atoms with Crippen LogP contribution in [0.4, 0.5) is 16.2 Å². The summed E-state index contributed by atoms with van der Waals surface area (Å²) in [5.41, 5.74) is 1.49. The third-order valence-electron chi connectivity index (χ3n) is 4.44. The Hall–Kier alpha value is -3.00. The first kappa shape index (κ1) is 16.5. The van der Waals surface area contributed by atoms with Gasteiger partial charge in [0.25, 0.3) is 5.69 Å². The number of amides is 2. The predicted octanol–water partition coefficient (Wildman–Crippen LogP) is 4.57. The van der Waals surface area contributed by atoms with Crippen LogP contribution in [0.2, 0.25) is 0 Å². The molecule has 0 saturated carbocycles. The highest BCUT2D eigenvalue weighted by Crippen LogP contribution is 2.36. The van der Waals surface area contributed by atoms with E-state index in [9.17, 15) is 14.9 Å². The molecule has 0 bridgehead atoms. The van der Waals surface area contributed by atoms with Crippen LogP contribution in [0.15, 0.2) is 48.5 Å². The van der Waals surface area contributed by atoms with E-state index in [1.54, 1.807) is 28.4 Å². The first-order valence-corrected chi connectivity index (χ1v) is 9.11. The number of hydrogen-bond donors (Lipinski definition) is 1. The molecule has 26 heavy (non-hydrogen) atoms. The monoisotopic (exact) mass is 368 g/mol. The van der Waals surface area contributed by atoms with Crippen LogP contribution in [-0.2, 0) is 0 Å². The fraction of sp³-hybridized carbons (Fsp3) is 0.222. The number of anilines is 1. The number of carbonyl (C=O) groups excluding carboxylic acids is 1. The van der Waals surface area contributed by atoms with Gasteiger partial charge in [-0.3, -0.25) is 10.1 Å². The molecule has 3 aromatic rings. The first-order chi connectivity index (χ1) is 12.6. The molecule has 2 heterocycles. The topological polar surface area (TPSA) is 88.4 Å². The highest BCUT2D eigenvalue weighted by Gasteiger charge is 2.32. The zero-order valence-electron chi connectivity index (χ0n) is 13.8. The van der Waals surface area contributed by atoms with Gasteiger partial charge in [0.1, 0.15) is 5.01 Å². The second-order valence-corrected chi connectivity index (χ2v) is 7.17. The fourth-order valence-corrected chi connectivity index (χ4v) is 4.28. The second kappa shape index (κ2) is 6.72. The molecule has 8 heteroatoms. The summed E-state index contributed by atoms with van der Waals surface area (Å²) in [5, 5.41) is 14.5. The molecule has 1 aromatic heterocycles. The van der Waals surface area contributed by atoms with Crippen LogP contribution in [-0.4, -0.2) is 27.4 Å². The smallest absolute Gasteiger partial charge is 0.315 e. The van der Waals surface area contributed by atoms with Crippen LogP contribution < -0.4 is 5.32 Å². The van der Waals surface area contributed by atoms with Crippen LogP contribution in [0.5, 0.6) is 0 Å². The Kier molecular flexibility index (Phi) is 4.26. The molecule has 1 atom stereocenters. The largest absolute Gasteiger partial charge is 0.322 e. The number of nitro groups is 1. The number of hydrogen-bond acceptors (Lipinski definition) is 5. The normalized spacial score (nSPS) is 16.8. The number of non-ortho nitro benzene ring substituents is 1. The molecular weight excluding hydrogens is 352 g/mol. The number of thiazole rings is 1. The van der Waals surface area contributed by atoms with E-state index in [1.807, 2.05) is 24.3 Å². The Balaban J connectivity index is 1.52. The number of aromatic nitrogens is 1. The summed E-state index contributed by atoms with van der Waals surface area (Å²) in [6.07, 6.45) is 1.81. The molecule has 2 amide bonds. The van der Waals surface area contributed by atoms with Gasteiger partial charge in [-0.1, -0.05) is 12.1 Å². The van der Waals surface area contributed by atoms with Gasteiger partial charge in [-0.25, -0.2) is 9.78 Å². The van der Waals surface area contributed by atoms with Crippen molar-refractivity contribution in [3.8, 4) is 0 Å². The number of urea groups is 1. The number of nitro benzene ring substituents is 1. The van der Waals surface area contributed by atoms with Gasteiger partial charge in [0.15, 0.2) is 0 Å². The van der Waals surface area contributed by atoms with Gasteiger partial charge in [-0.2, -0.15) is 0 Å². The molecule has 1 fully saturated rings. The molecule has 1 N–H and O–H groups in total. The first-order valence-electron chi connectivity index (χ1n) is 8.29. The molecule has 0 radical (unpaired) electrons. The Bertz CT molecular complexity index is 937. The summed E-state index contributed by atoms with van der Waals surface area (Å²) in [5.74, 6) is 0. The zero-order chi connectivity index (χ0) is 18.1. The van der Waals surface area contributed by atoms with Gasteiger partial charge in [0.2, 0.25) is 0 Å². The molecule has 1 aliphatic rings. The minimum atomic E-state index is -0.463. The van der Waals surface area contributed by atoms with Crippen LogP contribution in [0.3, 0.4) is 0 Å². The van der Waals surface area contributed by atoms with E-state index >= 15 is 0 Å². The molecule has 7 nitrogen and oxygen atoms in total. The average Bonchev–Trinajstić information content (AvgIpc) is 3.28. The summed E-state index contributed by atoms with van der Waals surface area (Å²) in [4.78, 5) is 29.4. The summed E-state index contributed by atoms with van der Waals surface area (Å²) in [6.45, 7) is 0.666. The Morgan fingerprint density at radius 2 is 2.00 bits per heavy atom. The van der Waals surface area contributed by atoms with Crippen LogP contribution in [0.1, 0.15) is 23.9 Å². The summed E-state index contributed by atoms with van der Waals surface area (Å²) in [7, 11) is 0. The summed E-state index contributed by atoms with van der Waals surface area (Å²) < 4.78 is 1.12. The standard InChI is InChI=1S/C18H16N4O3S/c23-18(19-12-7-9-13(10-8-12)22(24)25)21-11-3-5-15(21)17-20-14-4-1-2-6-16(14)26-17/h1-2,4,6-10,15H,3,5,11H2,(H,19,23)/t15-/m1/s1. The molecule has 0 aliphatic carbocycles. The minimum absolute atomic E-state index is 0.00322. The van der Waals surface area contributed by atoms with E-state index in [0.29, 0.717) is 12.2 Å². The number of carbonyl (C=O) groups is 1. The highest BCUT2D eigenvalue weighted by atomic mass is 32.1. The lowest BCUT2D eigenvalue weighted by atomic mass is 10.2. The van der Waals surface area contributed by atoms with Gasteiger partial charge >= 0.3 is 6.03 Å². The van der Waals surface area contributed by atoms with Crippen molar-refractivity contribution in [2.45, 2.75) is 18.9 Å². The van der Waals surface area contributed by atoms with Gasteiger partial charge in [-0.15, -0.1) is 11.3 Å². The van der Waals surface area contributed by atoms with E-state index in [4.69, 9.17) is 0 Å². The number of para-hydroxylation sites is 1. The van der Waals surface area contributed by atoms with E-state index in [1.165, 1.54) is 12.1 Å². The van der Waals surface area contributed by atoms with Crippen LogP contribution in [0.25, 0.3) is 10.2 Å². The van der Waals surface area contributed by atoms with Crippen LogP contribution in [0, 0.1) is 10.1 Å². The SMILES string of the molecule is O=C(Nc1ccc([N+](=O)[O-])cc1)N1CCC[C@@H]1c1nc2ccccc2s1. The van der Waals surface area contributed by atoms with Crippen molar-refractivity contribution >= 4 is 39.0 Å². The lowest BCUT2D eigenvalue weighted by Gasteiger charge is -2.23. The maximum Gasteiger partial charge on any atom is 0.322 e. The Labute approximate surface area is 153 Å². The van der Waals surface area contributed by atoms with Crippen molar-refractivity contribution in [3.05, 3.63) is 63.7 Å². The van der Waals surface area contributed by atoms with Crippen LogP contribution >= 0.6 is 11.3 Å². The Morgan fingerprint density at radius 1 is 1.23 bits per heavy atom. The summed E-state index contributed by atoms with van der Waals surface area (Å²) >= 11 is 1.62. The minimum Gasteiger partial charge on any atom is -0.315 e. The van der Waals surface area contributed by atoms with E-state index in [0.717, 1.165) is 28.1 Å². The highest BCUT2D eigenvalue weighted by molar-refractivity contribution is 7.18. The molecule has 0 spiro atoms. The number of nitrogens with zero attached hydrogens (tertiary/aromatic N) is 3. The van der Waals surface area contributed by atoms with Crippen molar-refractivity contribution in [2.75, 3.05) is 11.9 Å².